The molecule has 0 bridgehead atoms. The summed E-state index contributed by atoms with van der Waals surface area (Å²) in [5.74, 6) is 0. The fraction of sp³-hybridized carbons (Fsp3) is 0.0741. The van der Waals surface area contributed by atoms with Crippen molar-refractivity contribution in [2.45, 2.75) is 12.1 Å². The molecule has 1 heterocycles. The van der Waals surface area contributed by atoms with Gasteiger partial charge in [0.05, 0.1) is 12.1 Å². The predicted octanol–water partition coefficient (Wildman–Crippen LogP) is 6.62. The molecule has 2 amide bonds. The van der Waals surface area contributed by atoms with Crippen molar-refractivity contribution in [3.8, 4) is 0 Å². The van der Waals surface area contributed by atoms with E-state index < -0.39 is 0 Å². The molecule has 0 spiro atoms. The van der Waals surface area contributed by atoms with Gasteiger partial charge >= 0.3 is 6.03 Å². The third-order valence-corrected chi connectivity index (χ3v) is 5.62. The molecular weight excluding hydrogens is 368 g/mol. The van der Waals surface area contributed by atoms with Crippen LogP contribution in [0.4, 0.5) is 16.2 Å². The molecule has 0 aliphatic carbocycles. The van der Waals surface area contributed by atoms with Gasteiger partial charge in [-0.15, -0.1) is 0 Å². The standard InChI is InChI=1S/C27H22N2O/c30-27-28(23-17-9-3-10-18-23)25(21-13-5-1-6-14-21)26(22-15-7-2-8-16-22)29(27)24-19-11-4-12-20-24/h1-20,25-26H. The maximum Gasteiger partial charge on any atom is 0.330 e. The van der Waals surface area contributed by atoms with Gasteiger partial charge in [-0.05, 0) is 35.4 Å². The van der Waals surface area contributed by atoms with Crippen molar-refractivity contribution in [3.05, 3.63) is 132 Å². The normalized spacial score (nSPS) is 18.6. The van der Waals surface area contributed by atoms with Crippen molar-refractivity contribution < 1.29 is 4.79 Å². The van der Waals surface area contributed by atoms with Crippen LogP contribution in [0.25, 0.3) is 0 Å². The maximum atomic E-state index is 13.9. The van der Waals surface area contributed by atoms with E-state index in [4.69, 9.17) is 0 Å². The zero-order chi connectivity index (χ0) is 20.3. The molecule has 1 aliphatic rings. The number of nitrogens with zero attached hydrogens (tertiary/aromatic N) is 2. The molecule has 2 atom stereocenters. The van der Waals surface area contributed by atoms with Crippen LogP contribution in [-0.2, 0) is 0 Å². The Kier molecular flexibility index (Phi) is 4.78. The van der Waals surface area contributed by atoms with Crippen molar-refractivity contribution in [2.75, 3.05) is 9.80 Å². The van der Waals surface area contributed by atoms with Gasteiger partial charge in [0.15, 0.2) is 0 Å². The third kappa shape index (κ3) is 3.15. The lowest BCUT2D eigenvalue weighted by Crippen LogP contribution is -2.32. The van der Waals surface area contributed by atoms with Gasteiger partial charge in [0.2, 0.25) is 0 Å². The first-order valence-electron chi connectivity index (χ1n) is 10.2. The number of amides is 2. The van der Waals surface area contributed by atoms with Gasteiger partial charge in [0, 0.05) is 11.4 Å². The van der Waals surface area contributed by atoms with Gasteiger partial charge in [-0.25, -0.2) is 4.79 Å². The Balaban J connectivity index is 1.74. The number of hydrogen-bond acceptors (Lipinski definition) is 1. The van der Waals surface area contributed by atoms with E-state index in [2.05, 4.69) is 24.3 Å². The van der Waals surface area contributed by atoms with E-state index in [0.717, 1.165) is 22.5 Å². The molecule has 4 aromatic carbocycles. The fourth-order valence-electron chi connectivity index (χ4n) is 4.32. The molecule has 146 valence electrons. The number of urea groups is 1. The van der Waals surface area contributed by atoms with Crippen molar-refractivity contribution in [1.82, 2.24) is 0 Å². The lowest BCUT2D eigenvalue weighted by atomic mass is 9.92. The van der Waals surface area contributed by atoms with Gasteiger partial charge in [0.1, 0.15) is 0 Å². The minimum atomic E-state index is -0.149. The highest BCUT2D eigenvalue weighted by Gasteiger charge is 2.48. The zero-order valence-corrected chi connectivity index (χ0v) is 16.5. The highest BCUT2D eigenvalue weighted by Crippen LogP contribution is 2.48. The average molecular weight is 390 g/mol. The first kappa shape index (κ1) is 18.2. The minimum absolute atomic E-state index is 0.0184. The first-order valence-corrected chi connectivity index (χ1v) is 10.2. The van der Waals surface area contributed by atoms with Crippen LogP contribution in [0, 0.1) is 0 Å². The van der Waals surface area contributed by atoms with Crippen LogP contribution >= 0.6 is 0 Å². The Morgan fingerprint density at radius 1 is 0.433 bits per heavy atom. The topological polar surface area (TPSA) is 23.6 Å². The monoisotopic (exact) mass is 390 g/mol. The zero-order valence-electron chi connectivity index (χ0n) is 16.5. The summed E-state index contributed by atoms with van der Waals surface area (Å²) >= 11 is 0. The van der Waals surface area contributed by atoms with Crippen LogP contribution in [0.1, 0.15) is 23.2 Å². The van der Waals surface area contributed by atoms with E-state index in [9.17, 15) is 4.79 Å². The maximum absolute atomic E-state index is 13.9. The average Bonchev–Trinajstić information content (AvgIpc) is 3.14. The summed E-state index contributed by atoms with van der Waals surface area (Å²) in [6, 6.07) is 40.2. The quantitative estimate of drug-likeness (QED) is 0.384. The summed E-state index contributed by atoms with van der Waals surface area (Å²) < 4.78 is 0. The number of para-hydroxylation sites is 2. The molecule has 1 aliphatic heterocycles. The summed E-state index contributed by atoms with van der Waals surface area (Å²) in [6.45, 7) is 0. The summed E-state index contributed by atoms with van der Waals surface area (Å²) in [6.07, 6.45) is 0. The van der Waals surface area contributed by atoms with Gasteiger partial charge in [-0.1, -0.05) is 97.1 Å². The largest absolute Gasteiger partial charge is 0.330 e. The van der Waals surface area contributed by atoms with Crippen LogP contribution < -0.4 is 9.80 Å². The Morgan fingerprint density at radius 3 is 1.07 bits per heavy atom. The third-order valence-electron chi connectivity index (χ3n) is 5.62. The minimum Gasteiger partial charge on any atom is -0.284 e. The Morgan fingerprint density at radius 2 is 0.733 bits per heavy atom. The molecule has 3 heteroatoms. The second-order valence-electron chi connectivity index (χ2n) is 7.40. The second-order valence-corrected chi connectivity index (χ2v) is 7.40. The first-order chi connectivity index (χ1) is 14.8. The van der Waals surface area contributed by atoms with Crippen LogP contribution in [0.3, 0.4) is 0 Å². The van der Waals surface area contributed by atoms with Crippen LogP contribution in [0.5, 0.6) is 0 Å². The number of carbonyl (C=O) groups excluding carboxylic acids is 1. The van der Waals surface area contributed by atoms with Crippen LogP contribution in [0.2, 0.25) is 0 Å². The highest BCUT2D eigenvalue weighted by atomic mass is 16.2. The molecule has 2 unspecified atom stereocenters. The Hall–Kier alpha value is -3.85. The summed E-state index contributed by atoms with van der Waals surface area (Å²) in [7, 11) is 0. The molecule has 0 aromatic heterocycles. The smallest absolute Gasteiger partial charge is 0.284 e. The molecule has 30 heavy (non-hydrogen) atoms. The molecule has 0 N–H and O–H groups in total. The van der Waals surface area contributed by atoms with E-state index in [1.54, 1.807) is 0 Å². The number of hydrogen-bond donors (Lipinski definition) is 0. The molecule has 1 fully saturated rings. The SMILES string of the molecule is O=C1N(c2ccccc2)C(c2ccccc2)C(c2ccccc2)N1c1ccccc1. The molecular formula is C27H22N2O. The van der Waals surface area contributed by atoms with Crippen LogP contribution in [-0.4, -0.2) is 6.03 Å². The Bertz CT molecular complexity index is 1020. The second kappa shape index (κ2) is 7.88. The van der Waals surface area contributed by atoms with E-state index in [-0.39, 0.29) is 18.1 Å². The van der Waals surface area contributed by atoms with E-state index in [1.165, 1.54) is 0 Å². The number of anilines is 2. The lowest BCUT2D eigenvalue weighted by Gasteiger charge is -2.29. The Labute approximate surface area is 176 Å². The number of rotatable bonds is 4. The van der Waals surface area contributed by atoms with Crippen molar-refractivity contribution in [2.24, 2.45) is 0 Å². The molecule has 1 saturated heterocycles. The van der Waals surface area contributed by atoms with Crippen molar-refractivity contribution in [3.63, 3.8) is 0 Å². The van der Waals surface area contributed by atoms with Gasteiger partial charge in [-0.3, -0.25) is 9.80 Å². The van der Waals surface area contributed by atoms with Gasteiger partial charge in [-0.2, -0.15) is 0 Å². The van der Waals surface area contributed by atoms with Gasteiger partial charge < -0.3 is 0 Å². The number of benzene rings is 4. The fourth-order valence-corrected chi connectivity index (χ4v) is 4.32. The van der Waals surface area contributed by atoms with E-state index in [1.807, 2.05) is 107 Å². The summed E-state index contributed by atoms with van der Waals surface area (Å²) in [5.41, 5.74) is 4.02. The predicted molar refractivity (Wildman–Crippen MR) is 122 cm³/mol. The molecule has 3 nitrogen and oxygen atoms in total. The van der Waals surface area contributed by atoms with E-state index in [0.29, 0.717) is 0 Å². The lowest BCUT2D eigenvalue weighted by molar-refractivity contribution is 0.255. The van der Waals surface area contributed by atoms with E-state index >= 15 is 0 Å². The molecule has 5 rings (SSSR count). The molecule has 0 saturated carbocycles. The number of carbonyl (C=O) groups is 1. The van der Waals surface area contributed by atoms with Gasteiger partial charge in [0.25, 0.3) is 0 Å². The molecule has 4 aromatic rings. The summed E-state index contributed by atoms with van der Waals surface area (Å²) in [4.78, 5) is 17.8. The highest BCUT2D eigenvalue weighted by molar-refractivity contribution is 6.08. The molecule has 0 radical (unpaired) electrons. The van der Waals surface area contributed by atoms with Crippen molar-refractivity contribution >= 4 is 17.4 Å². The summed E-state index contributed by atoms with van der Waals surface area (Å²) in [5, 5.41) is 0. The van der Waals surface area contributed by atoms with Crippen LogP contribution in [0.15, 0.2) is 121 Å². The van der Waals surface area contributed by atoms with Crippen molar-refractivity contribution in [1.29, 1.82) is 0 Å².